The maximum absolute atomic E-state index is 5.25. The molecule has 0 N–H and O–H groups in total. The van der Waals surface area contributed by atoms with Crippen LogP contribution < -0.4 is 0 Å². The minimum absolute atomic E-state index is 0.220. The summed E-state index contributed by atoms with van der Waals surface area (Å²) in [6, 6.07) is 0. The Morgan fingerprint density at radius 1 is 1.60 bits per heavy atom. The Bertz CT molecular complexity index is 168. The van der Waals surface area contributed by atoms with Gasteiger partial charge in [0.05, 0.1) is 6.26 Å². The summed E-state index contributed by atoms with van der Waals surface area (Å²) in [6.07, 6.45) is 9.71. The highest BCUT2D eigenvalue weighted by atomic mass is 16.5. The van der Waals surface area contributed by atoms with Crippen LogP contribution in [0.3, 0.4) is 0 Å². The molecule has 0 aromatic heterocycles. The second kappa shape index (κ2) is 3.25. The van der Waals surface area contributed by atoms with Gasteiger partial charge in [0.15, 0.2) is 0 Å². The average Bonchev–Trinajstić information content (AvgIpc) is 2.31. The third-order valence-corrected chi connectivity index (χ3v) is 1.57. The van der Waals surface area contributed by atoms with Gasteiger partial charge in [-0.25, -0.2) is 0 Å². The summed E-state index contributed by atoms with van der Waals surface area (Å²) in [5.74, 6) is 0.496. The van der Waals surface area contributed by atoms with Crippen molar-refractivity contribution in [2.24, 2.45) is 5.92 Å². The van der Waals surface area contributed by atoms with Crippen molar-refractivity contribution in [2.45, 2.75) is 13.0 Å². The molecule has 0 aliphatic carbocycles. The van der Waals surface area contributed by atoms with E-state index in [1.54, 1.807) is 12.3 Å². The Morgan fingerprint density at radius 2 is 2.40 bits per heavy atom. The highest BCUT2D eigenvalue weighted by Gasteiger charge is 2.15. The van der Waals surface area contributed by atoms with Gasteiger partial charge in [-0.2, -0.15) is 0 Å². The highest BCUT2D eigenvalue weighted by Crippen LogP contribution is 2.17. The van der Waals surface area contributed by atoms with Crippen LogP contribution in [-0.4, -0.2) is 6.10 Å². The summed E-state index contributed by atoms with van der Waals surface area (Å²) in [7, 11) is 0. The lowest BCUT2D eigenvalue weighted by molar-refractivity contribution is 0.185. The normalized spacial score (nSPS) is 30.9. The molecule has 0 bridgehead atoms. The lowest BCUT2D eigenvalue weighted by Gasteiger charge is -2.08. The number of hydrogen-bond acceptors (Lipinski definition) is 1. The molecule has 0 spiro atoms. The van der Waals surface area contributed by atoms with Gasteiger partial charge in [-0.15, -0.1) is 0 Å². The molecular weight excluding hydrogens is 124 g/mol. The van der Waals surface area contributed by atoms with Gasteiger partial charge in [0.2, 0.25) is 0 Å². The molecule has 1 nitrogen and oxygen atoms in total. The molecule has 1 aliphatic rings. The smallest absolute Gasteiger partial charge is 0.122 e. The molecule has 0 saturated heterocycles. The van der Waals surface area contributed by atoms with Crippen LogP contribution in [-0.2, 0) is 4.74 Å². The predicted molar refractivity (Wildman–Crippen MR) is 42.5 cm³/mol. The van der Waals surface area contributed by atoms with Gasteiger partial charge in [-0.3, -0.25) is 0 Å². The van der Waals surface area contributed by atoms with Crippen LogP contribution >= 0.6 is 0 Å². The van der Waals surface area contributed by atoms with Gasteiger partial charge in [-0.05, 0) is 12.2 Å². The minimum atomic E-state index is 0.220. The van der Waals surface area contributed by atoms with E-state index in [9.17, 15) is 0 Å². The second-order valence-corrected chi connectivity index (χ2v) is 2.41. The van der Waals surface area contributed by atoms with Gasteiger partial charge < -0.3 is 4.74 Å². The Kier molecular flexibility index (Phi) is 2.32. The standard InChI is InChI=1S/C9H12O/c1-3-4-5-9-8(2)6-7-10-9/h3-9H,1H2,2H3/b5-4-. The summed E-state index contributed by atoms with van der Waals surface area (Å²) in [5, 5.41) is 0. The Balaban J connectivity index is 2.43. The van der Waals surface area contributed by atoms with Gasteiger partial charge >= 0.3 is 0 Å². The number of allylic oxidation sites excluding steroid dienone is 2. The summed E-state index contributed by atoms with van der Waals surface area (Å²) in [4.78, 5) is 0. The fraction of sp³-hybridized carbons (Fsp3) is 0.333. The molecule has 54 valence electrons. The zero-order chi connectivity index (χ0) is 7.40. The summed E-state index contributed by atoms with van der Waals surface area (Å²) >= 11 is 0. The first-order chi connectivity index (χ1) is 4.84. The molecule has 0 radical (unpaired) electrons. The molecule has 2 atom stereocenters. The maximum atomic E-state index is 5.25. The van der Waals surface area contributed by atoms with Crippen molar-refractivity contribution >= 4 is 0 Å². The fourth-order valence-corrected chi connectivity index (χ4v) is 0.902. The van der Waals surface area contributed by atoms with E-state index in [-0.39, 0.29) is 6.10 Å². The molecular formula is C9H12O. The first-order valence-electron chi connectivity index (χ1n) is 3.46. The van der Waals surface area contributed by atoms with Crippen LogP contribution in [0.4, 0.5) is 0 Å². The minimum Gasteiger partial charge on any atom is -0.494 e. The third kappa shape index (κ3) is 1.50. The van der Waals surface area contributed by atoms with Crippen LogP contribution in [0.5, 0.6) is 0 Å². The van der Waals surface area contributed by atoms with Gasteiger partial charge in [0.1, 0.15) is 6.10 Å². The SMILES string of the molecule is C=C/C=C\C1OC=CC1C. The molecule has 0 saturated carbocycles. The van der Waals surface area contributed by atoms with Gasteiger partial charge in [0.25, 0.3) is 0 Å². The first-order valence-corrected chi connectivity index (χ1v) is 3.46. The van der Waals surface area contributed by atoms with E-state index in [1.165, 1.54) is 0 Å². The first kappa shape index (κ1) is 7.13. The quantitative estimate of drug-likeness (QED) is 0.529. The Hall–Kier alpha value is -0.980. The molecule has 1 heteroatoms. The summed E-state index contributed by atoms with van der Waals surface area (Å²) in [6.45, 7) is 5.71. The van der Waals surface area contributed by atoms with E-state index in [4.69, 9.17) is 4.74 Å². The zero-order valence-corrected chi connectivity index (χ0v) is 6.16. The van der Waals surface area contributed by atoms with Crippen molar-refractivity contribution in [3.05, 3.63) is 37.1 Å². The molecule has 2 unspecified atom stereocenters. The van der Waals surface area contributed by atoms with E-state index in [0.29, 0.717) is 5.92 Å². The van der Waals surface area contributed by atoms with Crippen molar-refractivity contribution in [2.75, 3.05) is 0 Å². The monoisotopic (exact) mass is 136 g/mol. The average molecular weight is 136 g/mol. The van der Waals surface area contributed by atoms with E-state index in [2.05, 4.69) is 19.6 Å². The van der Waals surface area contributed by atoms with Crippen molar-refractivity contribution in [1.82, 2.24) is 0 Å². The molecule has 10 heavy (non-hydrogen) atoms. The molecule has 1 heterocycles. The van der Waals surface area contributed by atoms with Crippen LogP contribution in [0.25, 0.3) is 0 Å². The summed E-state index contributed by atoms with van der Waals surface area (Å²) in [5.41, 5.74) is 0. The molecule has 1 aliphatic heterocycles. The van der Waals surface area contributed by atoms with E-state index in [0.717, 1.165) is 0 Å². The predicted octanol–water partition coefficient (Wildman–Crippen LogP) is 2.28. The maximum Gasteiger partial charge on any atom is 0.122 e. The molecule has 0 aromatic carbocycles. The number of rotatable bonds is 2. The lowest BCUT2D eigenvalue weighted by Crippen LogP contribution is -2.09. The highest BCUT2D eigenvalue weighted by molar-refractivity contribution is 5.07. The van der Waals surface area contributed by atoms with Crippen molar-refractivity contribution < 1.29 is 4.74 Å². The summed E-state index contributed by atoms with van der Waals surface area (Å²) < 4.78 is 5.25. The van der Waals surface area contributed by atoms with E-state index in [1.807, 2.05) is 12.2 Å². The Labute approximate surface area is 61.7 Å². The van der Waals surface area contributed by atoms with Crippen molar-refractivity contribution in [3.63, 3.8) is 0 Å². The van der Waals surface area contributed by atoms with Crippen molar-refractivity contribution in [1.29, 1.82) is 0 Å². The van der Waals surface area contributed by atoms with Crippen LogP contribution in [0.2, 0.25) is 0 Å². The number of ether oxygens (including phenoxy) is 1. The van der Waals surface area contributed by atoms with Crippen molar-refractivity contribution in [3.8, 4) is 0 Å². The van der Waals surface area contributed by atoms with Gasteiger partial charge in [-0.1, -0.05) is 25.7 Å². The van der Waals surface area contributed by atoms with Crippen LogP contribution in [0.1, 0.15) is 6.92 Å². The molecule has 1 rings (SSSR count). The Morgan fingerprint density at radius 3 is 2.90 bits per heavy atom. The number of hydrogen-bond donors (Lipinski definition) is 0. The second-order valence-electron chi connectivity index (χ2n) is 2.41. The van der Waals surface area contributed by atoms with Gasteiger partial charge in [0, 0.05) is 5.92 Å². The fourth-order valence-electron chi connectivity index (χ4n) is 0.902. The topological polar surface area (TPSA) is 9.23 Å². The van der Waals surface area contributed by atoms with E-state index < -0.39 is 0 Å². The molecule has 0 amide bonds. The molecule has 0 fully saturated rings. The van der Waals surface area contributed by atoms with Crippen LogP contribution in [0.15, 0.2) is 37.1 Å². The molecule has 0 aromatic rings. The largest absolute Gasteiger partial charge is 0.494 e. The third-order valence-electron chi connectivity index (χ3n) is 1.57. The lowest BCUT2D eigenvalue weighted by atomic mass is 10.1. The van der Waals surface area contributed by atoms with E-state index >= 15 is 0 Å². The zero-order valence-electron chi connectivity index (χ0n) is 6.16. The van der Waals surface area contributed by atoms with Crippen LogP contribution in [0, 0.1) is 5.92 Å².